The molecule has 0 radical (unpaired) electrons. The molecule has 2 aliphatic heterocycles. The molecule has 2 heterocycles. The molecule has 0 aromatic heterocycles. The van der Waals surface area contributed by atoms with E-state index < -0.39 is 24.3 Å². The maximum atomic E-state index is 13.9. The first-order chi connectivity index (χ1) is 21.2. The van der Waals surface area contributed by atoms with Gasteiger partial charge in [0.25, 0.3) is 0 Å². The number of allylic oxidation sites excluding steroid dienone is 4. The van der Waals surface area contributed by atoms with Gasteiger partial charge in [-0.15, -0.1) is 0 Å². The van der Waals surface area contributed by atoms with E-state index in [1.165, 1.54) is 25.0 Å². The highest BCUT2D eigenvalue weighted by Crippen LogP contribution is 2.36. The zero-order chi connectivity index (χ0) is 31.6. The number of methoxy groups -OCH3 is 1. The summed E-state index contributed by atoms with van der Waals surface area (Å²) in [6.07, 6.45) is 10.3. The van der Waals surface area contributed by atoms with Crippen LogP contribution in [0.2, 0.25) is 0 Å². The van der Waals surface area contributed by atoms with E-state index in [-0.39, 0.29) is 35.7 Å². The summed E-state index contributed by atoms with van der Waals surface area (Å²) in [6, 6.07) is 8.73. The molecule has 3 aliphatic rings. The molecule has 236 valence electrons. The van der Waals surface area contributed by atoms with Gasteiger partial charge in [0.05, 0.1) is 13.0 Å². The first kappa shape index (κ1) is 32.5. The van der Waals surface area contributed by atoms with E-state index in [1.807, 2.05) is 43.3 Å². The number of piperidine rings is 1. The number of aliphatic hydroxyl groups is 1. The third kappa shape index (κ3) is 7.96. The van der Waals surface area contributed by atoms with Crippen LogP contribution in [0.25, 0.3) is 0 Å². The molecular weight excluding hydrogens is 566 g/mol. The molecule has 2 bridgehead atoms. The van der Waals surface area contributed by atoms with Crippen molar-refractivity contribution in [2.75, 3.05) is 26.8 Å². The zero-order valence-corrected chi connectivity index (χ0v) is 25.5. The third-order valence-electron chi connectivity index (χ3n) is 7.94. The lowest BCUT2D eigenvalue weighted by Crippen LogP contribution is -2.56. The molecule has 4 rings (SSSR count). The Labute approximate surface area is 257 Å². The van der Waals surface area contributed by atoms with E-state index in [1.54, 1.807) is 29.2 Å². The number of fused-ring (bicyclic) bond motifs is 3. The minimum Gasteiger partial charge on any atom is -0.493 e. The standard InChI is InChI=1S/C33H41N3O8/c1-4-10-24(14-8-11-23(2)36(40)41)22-44-33(39)35-28-19-30(43-21-25-12-6-5-7-13-25)29(42-3)17-16-27(28)32(38)34-18-9-15-26(20-34)31(35)37/h5-8,10-13,16-17,19,23,26-27,31,37H,4,9,14-15,18,20-22H2,1-3H3/b11-8-,24-10+. The summed E-state index contributed by atoms with van der Waals surface area (Å²) in [4.78, 5) is 41.2. The van der Waals surface area contributed by atoms with Crippen LogP contribution in [0, 0.1) is 22.0 Å². The van der Waals surface area contributed by atoms with Gasteiger partial charge in [0.1, 0.15) is 19.4 Å². The topological polar surface area (TPSA) is 132 Å². The second-order valence-electron chi connectivity index (χ2n) is 11.1. The smallest absolute Gasteiger partial charge is 0.416 e. The molecule has 11 heteroatoms. The first-order valence-corrected chi connectivity index (χ1v) is 15.0. The lowest BCUT2D eigenvalue weighted by molar-refractivity contribution is -0.504. The van der Waals surface area contributed by atoms with Gasteiger partial charge in [0, 0.05) is 42.6 Å². The monoisotopic (exact) mass is 607 g/mol. The number of benzene rings is 1. The van der Waals surface area contributed by atoms with Gasteiger partial charge in [-0.3, -0.25) is 19.8 Å². The van der Waals surface area contributed by atoms with E-state index in [4.69, 9.17) is 14.2 Å². The molecule has 4 unspecified atom stereocenters. The molecule has 4 atom stereocenters. The van der Waals surface area contributed by atoms with Gasteiger partial charge in [-0.25, -0.2) is 4.79 Å². The van der Waals surface area contributed by atoms with Crippen LogP contribution in [0.5, 0.6) is 0 Å². The lowest BCUT2D eigenvalue weighted by atomic mass is 9.90. The van der Waals surface area contributed by atoms with E-state index >= 15 is 0 Å². The molecule has 2 amide bonds. The molecule has 1 aliphatic carbocycles. The van der Waals surface area contributed by atoms with Crippen molar-refractivity contribution in [1.29, 1.82) is 0 Å². The summed E-state index contributed by atoms with van der Waals surface area (Å²) in [6.45, 7) is 4.46. The Morgan fingerprint density at radius 2 is 2.02 bits per heavy atom. The minimum atomic E-state index is -1.25. The number of aliphatic hydroxyl groups excluding tert-OH is 1. The fraction of sp³-hybridized carbons (Fsp3) is 0.455. The van der Waals surface area contributed by atoms with Crippen LogP contribution in [0.4, 0.5) is 4.79 Å². The largest absolute Gasteiger partial charge is 0.493 e. The van der Waals surface area contributed by atoms with Crippen LogP contribution in [-0.2, 0) is 25.6 Å². The van der Waals surface area contributed by atoms with Crippen LogP contribution in [0.3, 0.4) is 0 Å². The van der Waals surface area contributed by atoms with Crippen molar-refractivity contribution in [2.24, 2.45) is 11.8 Å². The molecular formula is C33H41N3O8. The quantitative estimate of drug-likeness (QED) is 0.209. The number of nitrogens with zero attached hydrogens (tertiary/aromatic N) is 3. The Balaban J connectivity index is 1.65. The average Bonchev–Trinajstić information content (AvgIpc) is 3.21. The van der Waals surface area contributed by atoms with Crippen LogP contribution < -0.4 is 0 Å². The molecule has 2 saturated heterocycles. The maximum Gasteiger partial charge on any atom is 0.416 e. The van der Waals surface area contributed by atoms with E-state index in [0.29, 0.717) is 50.3 Å². The van der Waals surface area contributed by atoms with Gasteiger partial charge >= 0.3 is 6.09 Å². The fourth-order valence-electron chi connectivity index (χ4n) is 5.53. The second-order valence-corrected chi connectivity index (χ2v) is 11.1. The number of carbonyl (C=O) groups is 2. The molecule has 0 saturated carbocycles. The van der Waals surface area contributed by atoms with Crippen molar-refractivity contribution >= 4 is 12.0 Å². The van der Waals surface area contributed by atoms with Gasteiger partial charge in [0.2, 0.25) is 11.9 Å². The minimum absolute atomic E-state index is 0.0812. The molecule has 1 aromatic carbocycles. The Kier molecular flexibility index (Phi) is 11.4. The number of carbonyl (C=O) groups excluding carboxylic acids is 2. The molecule has 1 N–H and O–H groups in total. The number of hydrogen-bond donors (Lipinski definition) is 1. The van der Waals surface area contributed by atoms with Gasteiger partial charge in [-0.05, 0) is 49.0 Å². The van der Waals surface area contributed by atoms with Crippen LogP contribution in [0.15, 0.2) is 89.6 Å². The van der Waals surface area contributed by atoms with Crippen molar-refractivity contribution < 1.29 is 33.8 Å². The zero-order valence-electron chi connectivity index (χ0n) is 25.5. The van der Waals surface area contributed by atoms with Crippen molar-refractivity contribution in [3.63, 3.8) is 0 Å². The molecule has 1 aromatic rings. The highest BCUT2D eigenvalue weighted by Gasteiger charge is 2.44. The normalized spacial score (nSPS) is 22.9. The second kappa shape index (κ2) is 15.4. The number of ether oxygens (including phenoxy) is 3. The number of rotatable bonds is 11. The van der Waals surface area contributed by atoms with E-state index in [9.17, 15) is 24.8 Å². The van der Waals surface area contributed by atoms with Crippen LogP contribution in [-0.4, -0.2) is 70.9 Å². The molecule has 0 spiro atoms. The molecule has 2 fully saturated rings. The van der Waals surface area contributed by atoms with E-state index in [2.05, 4.69) is 0 Å². The summed E-state index contributed by atoms with van der Waals surface area (Å²) in [5.74, 6) is -0.765. The average molecular weight is 608 g/mol. The maximum absolute atomic E-state index is 13.9. The van der Waals surface area contributed by atoms with E-state index in [0.717, 1.165) is 11.1 Å². The number of amides is 2. The Morgan fingerprint density at radius 1 is 1.25 bits per heavy atom. The Bertz CT molecular complexity index is 1350. The van der Waals surface area contributed by atoms with Crippen LogP contribution in [0.1, 0.15) is 45.1 Å². The first-order valence-electron chi connectivity index (χ1n) is 15.0. The predicted octanol–water partition coefficient (Wildman–Crippen LogP) is 5.09. The predicted molar refractivity (Wildman–Crippen MR) is 163 cm³/mol. The number of nitro groups is 1. The van der Waals surface area contributed by atoms with Crippen molar-refractivity contribution in [3.05, 3.63) is 105 Å². The summed E-state index contributed by atoms with van der Waals surface area (Å²) in [5, 5.41) is 22.6. The molecule has 44 heavy (non-hydrogen) atoms. The summed E-state index contributed by atoms with van der Waals surface area (Å²) in [5.41, 5.74) is 1.91. The number of hydrogen-bond acceptors (Lipinski definition) is 8. The highest BCUT2D eigenvalue weighted by atomic mass is 16.6. The van der Waals surface area contributed by atoms with Gasteiger partial charge in [-0.2, -0.15) is 0 Å². The third-order valence-corrected chi connectivity index (χ3v) is 7.94. The van der Waals surface area contributed by atoms with Crippen molar-refractivity contribution in [2.45, 2.75) is 58.4 Å². The Hall–Kier alpha value is -4.38. The SMILES string of the molecule is CC/C=C(\C/C=C\C(C)[N+](=O)[O-])COC(=O)N1C2=CC(OCc3ccccc3)=C(OC)C=CC2C(=O)N2CCCC(C2)C1O. The van der Waals surface area contributed by atoms with Crippen molar-refractivity contribution in [1.82, 2.24) is 9.80 Å². The highest BCUT2D eigenvalue weighted by molar-refractivity contribution is 5.86. The summed E-state index contributed by atoms with van der Waals surface area (Å²) < 4.78 is 17.5. The van der Waals surface area contributed by atoms with Crippen LogP contribution >= 0.6 is 0 Å². The van der Waals surface area contributed by atoms with Gasteiger partial charge in [-0.1, -0.05) is 55.5 Å². The van der Waals surface area contributed by atoms with Gasteiger partial charge in [0.15, 0.2) is 11.5 Å². The molecule has 11 nitrogen and oxygen atoms in total. The fourth-order valence-corrected chi connectivity index (χ4v) is 5.53. The lowest BCUT2D eigenvalue weighted by Gasteiger charge is -2.44. The summed E-state index contributed by atoms with van der Waals surface area (Å²) in [7, 11) is 1.50. The van der Waals surface area contributed by atoms with Crippen molar-refractivity contribution in [3.8, 4) is 0 Å². The summed E-state index contributed by atoms with van der Waals surface area (Å²) >= 11 is 0. The van der Waals surface area contributed by atoms with Gasteiger partial charge < -0.3 is 24.2 Å². The Morgan fingerprint density at radius 3 is 2.73 bits per heavy atom.